The molecule has 2 N–H and O–H groups in total. The average Bonchev–Trinajstić information content (AvgIpc) is 2.88. The Hall–Kier alpha value is -2.44. The van der Waals surface area contributed by atoms with Crippen LogP contribution >= 0.6 is 0 Å². The summed E-state index contributed by atoms with van der Waals surface area (Å²) in [7, 11) is 1.54. The van der Waals surface area contributed by atoms with Gasteiger partial charge in [0.1, 0.15) is 12.6 Å². The molecule has 1 atom stereocenters. The third-order valence-corrected chi connectivity index (χ3v) is 3.37. The number of nitrogens with zero attached hydrogens (tertiary/aromatic N) is 1. The predicted molar refractivity (Wildman–Crippen MR) is 72.1 cm³/mol. The normalized spacial score (nSPS) is 19.4. The lowest BCUT2D eigenvalue weighted by atomic mass is 10.1. The molecular formula is C13H15N3O4. The van der Waals surface area contributed by atoms with Gasteiger partial charge in [-0.05, 0) is 6.92 Å². The van der Waals surface area contributed by atoms with E-state index in [1.807, 2.05) is 0 Å². The average molecular weight is 277 g/mol. The molecule has 2 heterocycles. The standard InChI is InChI=1S/C13H15N3O4/c1-7-13(18)16(5-12(17)14-2)9-4-11-10(19-6-20-11)3-8(9)15-7/h3-4,7,15H,5-6H2,1-2H3,(H,14,17). The van der Waals surface area contributed by atoms with Crippen LogP contribution in [0, 0.1) is 0 Å². The number of hydrogen-bond donors (Lipinski definition) is 2. The van der Waals surface area contributed by atoms with Crippen LogP contribution in [0.25, 0.3) is 0 Å². The molecule has 0 radical (unpaired) electrons. The fourth-order valence-corrected chi connectivity index (χ4v) is 2.30. The van der Waals surface area contributed by atoms with Gasteiger partial charge in [-0.25, -0.2) is 0 Å². The van der Waals surface area contributed by atoms with Crippen molar-refractivity contribution in [2.24, 2.45) is 0 Å². The molecule has 7 nitrogen and oxygen atoms in total. The van der Waals surface area contributed by atoms with E-state index in [9.17, 15) is 9.59 Å². The van der Waals surface area contributed by atoms with Crippen molar-refractivity contribution in [3.63, 3.8) is 0 Å². The Morgan fingerprint density at radius 2 is 2.15 bits per heavy atom. The summed E-state index contributed by atoms with van der Waals surface area (Å²) in [6, 6.07) is 3.11. The maximum atomic E-state index is 12.3. The van der Waals surface area contributed by atoms with Crippen LogP contribution in [0.15, 0.2) is 12.1 Å². The number of likely N-dealkylation sites (N-methyl/N-ethyl adjacent to an activating group) is 1. The van der Waals surface area contributed by atoms with E-state index < -0.39 is 6.04 Å². The summed E-state index contributed by atoms with van der Waals surface area (Å²) in [5.74, 6) is 0.837. The fourth-order valence-electron chi connectivity index (χ4n) is 2.30. The monoisotopic (exact) mass is 277 g/mol. The van der Waals surface area contributed by atoms with Crippen molar-refractivity contribution in [3.05, 3.63) is 12.1 Å². The Morgan fingerprint density at radius 1 is 1.45 bits per heavy atom. The molecule has 0 aromatic heterocycles. The number of nitrogens with one attached hydrogen (secondary N) is 2. The molecule has 2 aliphatic rings. The topological polar surface area (TPSA) is 79.9 Å². The van der Waals surface area contributed by atoms with Crippen LogP contribution < -0.4 is 25.0 Å². The number of rotatable bonds is 2. The summed E-state index contributed by atoms with van der Waals surface area (Å²) in [4.78, 5) is 25.3. The zero-order valence-corrected chi connectivity index (χ0v) is 11.2. The number of amides is 2. The highest BCUT2D eigenvalue weighted by atomic mass is 16.7. The summed E-state index contributed by atoms with van der Waals surface area (Å²) in [6.07, 6.45) is 0. The highest BCUT2D eigenvalue weighted by Gasteiger charge is 2.33. The molecule has 7 heteroatoms. The SMILES string of the molecule is CNC(=O)CN1C(=O)C(C)Nc2cc3c(cc21)OCO3. The summed E-state index contributed by atoms with van der Waals surface area (Å²) in [6.45, 7) is 1.90. The lowest BCUT2D eigenvalue weighted by Gasteiger charge is -2.33. The third-order valence-electron chi connectivity index (χ3n) is 3.37. The Kier molecular flexibility index (Phi) is 2.89. The first-order chi connectivity index (χ1) is 9.60. The summed E-state index contributed by atoms with van der Waals surface area (Å²) >= 11 is 0. The van der Waals surface area contributed by atoms with E-state index in [0.29, 0.717) is 17.2 Å². The summed E-state index contributed by atoms with van der Waals surface area (Å²) in [5.41, 5.74) is 1.38. The Bertz CT molecular complexity index is 587. The van der Waals surface area contributed by atoms with Crippen molar-refractivity contribution in [1.29, 1.82) is 0 Å². The number of benzene rings is 1. The van der Waals surface area contributed by atoms with Gasteiger partial charge in [0.15, 0.2) is 11.5 Å². The number of fused-ring (bicyclic) bond motifs is 2. The first-order valence-corrected chi connectivity index (χ1v) is 6.32. The molecule has 0 fully saturated rings. The molecule has 3 rings (SSSR count). The van der Waals surface area contributed by atoms with Gasteiger partial charge in [0.2, 0.25) is 18.6 Å². The van der Waals surface area contributed by atoms with Crippen LogP contribution in [0.2, 0.25) is 0 Å². The quantitative estimate of drug-likeness (QED) is 0.813. The highest BCUT2D eigenvalue weighted by molar-refractivity contribution is 6.08. The maximum absolute atomic E-state index is 12.3. The van der Waals surface area contributed by atoms with E-state index in [2.05, 4.69) is 10.6 Å². The van der Waals surface area contributed by atoms with Gasteiger partial charge in [0.25, 0.3) is 0 Å². The second-order valence-corrected chi connectivity index (χ2v) is 4.69. The fraction of sp³-hybridized carbons (Fsp3) is 0.385. The molecule has 1 unspecified atom stereocenters. The summed E-state index contributed by atoms with van der Waals surface area (Å²) in [5, 5.41) is 5.62. The van der Waals surface area contributed by atoms with Gasteiger partial charge in [0.05, 0.1) is 11.4 Å². The van der Waals surface area contributed by atoms with Crippen molar-refractivity contribution >= 4 is 23.2 Å². The molecule has 2 amide bonds. The van der Waals surface area contributed by atoms with Crippen LogP contribution in [-0.4, -0.2) is 38.2 Å². The second kappa shape index (κ2) is 4.59. The van der Waals surface area contributed by atoms with Gasteiger partial charge >= 0.3 is 0 Å². The van der Waals surface area contributed by atoms with Crippen LogP contribution in [0.5, 0.6) is 11.5 Å². The highest BCUT2D eigenvalue weighted by Crippen LogP contribution is 2.43. The van der Waals surface area contributed by atoms with Crippen LogP contribution in [-0.2, 0) is 9.59 Å². The minimum Gasteiger partial charge on any atom is -0.454 e. The van der Waals surface area contributed by atoms with Gasteiger partial charge < -0.3 is 20.1 Å². The molecule has 1 aromatic rings. The van der Waals surface area contributed by atoms with Crippen molar-refractivity contribution in [2.45, 2.75) is 13.0 Å². The molecule has 2 aliphatic heterocycles. The molecule has 20 heavy (non-hydrogen) atoms. The van der Waals surface area contributed by atoms with Gasteiger partial charge in [-0.15, -0.1) is 0 Å². The van der Waals surface area contributed by atoms with Gasteiger partial charge in [-0.3, -0.25) is 14.5 Å². The molecule has 106 valence electrons. The van der Waals surface area contributed by atoms with Crippen LogP contribution in [0.4, 0.5) is 11.4 Å². The lowest BCUT2D eigenvalue weighted by molar-refractivity contribution is -0.123. The maximum Gasteiger partial charge on any atom is 0.249 e. The Balaban J connectivity index is 2.02. The number of carbonyl (C=O) groups excluding carboxylic acids is 2. The summed E-state index contributed by atoms with van der Waals surface area (Å²) < 4.78 is 10.6. The van der Waals surface area contributed by atoms with Crippen molar-refractivity contribution < 1.29 is 19.1 Å². The van der Waals surface area contributed by atoms with Gasteiger partial charge in [-0.1, -0.05) is 0 Å². The van der Waals surface area contributed by atoms with Crippen molar-refractivity contribution in [3.8, 4) is 11.5 Å². The van der Waals surface area contributed by atoms with Crippen LogP contribution in [0.3, 0.4) is 0 Å². The number of ether oxygens (including phenoxy) is 2. The zero-order chi connectivity index (χ0) is 14.3. The van der Waals surface area contributed by atoms with Crippen LogP contribution in [0.1, 0.15) is 6.92 Å². The zero-order valence-electron chi connectivity index (χ0n) is 11.2. The number of carbonyl (C=O) groups is 2. The molecule has 0 bridgehead atoms. The van der Waals surface area contributed by atoms with Gasteiger partial charge in [-0.2, -0.15) is 0 Å². The van der Waals surface area contributed by atoms with E-state index in [4.69, 9.17) is 9.47 Å². The van der Waals surface area contributed by atoms with E-state index in [0.717, 1.165) is 5.69 Å². The first-order valence-electron chi connectivity index (χ1n) is 6.32. The van der Waals surface area contributed by atoms with Crippen molar-refractivity contribution in [1.82, 2.24) is 5.32 Å². The first kappa shape index (κ1) is 12.6. The minimum absolute atomic E-state index is 0.0198. The second-order valence-electron chi connectivity index (χ2n) is 4.69. The van der Waals surface area contributed by atoms with E-state index in [-0.39, 0.29) is 25.2 Å². The Morgan fingerprint density at radius 3 is 2.85 bits per heavy atom. The largest absolute Gasteiger partial charge is 0.454 e. The third kappa shape index (κ3) is 1.91. The molecule has 0 spiro atoms. The molecule has 0 aliphatic carbocycles. The smallest absolute Gasteiger partial charge is 0.249 e. The van der Waals surface area contributed by atoms with Crippen molar-refractivity contribution in [2.75, 3.05) is 30.6 Å². The molecular weight excluding hydrogens is 262 g/mol. The van der Waals surface area contributed by atoms with E-state index in [1.165, 1.54) is 4.90 Å². The van der Waals surface area contributed by atoms with E-state index in [1.54, 1.807) is 26.1 Å². The predicted octanol–water partition coefficient (Wildman–Crippen LogP) is 0.308. The Labute approximate surface area is 115 Å². The number of hydrogen-bond acceptors (Lipinski definition) is 5. The van der Waals surface area contributed by atoms with E-state index >= 15 is 0 Å². The lowest BCUT2D eigenvalue weighted by Crippen LogP contribution is -2.49. The van der Waals surface area contributed by atoms with Gasteiger partial charge in [0, 0.05) is 19.2 Å². The molecule has 1 aromatic carbocycles. The molecule has 0 saturated carbocycles. The number of anilines is 2. The molecule has 0 saturated heterocycles. The minimum atomic E-state index is -0.396.